The van der Waals surface area contributed by atoms with E-state index in [1.54, 1.807) is 0 Å². The van der Waals surface area contributed by atoms with Crippen LogP contribution in [0.5, 0.6) is 0 Å². The number of phosphoric acid groups is 2. The zero-order valence-electron chi connectivity index (χ0n) is 68.5. The first-order chi connectivity index (χ1) is 52.7. The van der Waals surface area contributed by atoms with Crippen molar-refractivity contribution in [2.24, 2.45) is 0 Å². The highest BCUT2D eigenvalue weighted by atomic mass is 31.2. The topological polar surface area (TPSA) is 237 Å². The number of aliphatic hydroxyl groups is 1. The van der Waals surface area contributed by atoms with Gasteiger partial charge in [-0.1, -0.05) is 323 Å². The quantitative estimate of drug-likeness (QED) is 0.0169. The number of esters is 4. The Morgan fingerprint density at radius 3 is 0.778 bits per heavy atom. The van der Waals surface area contributed by atoms with Crippen molar-refractivity contribution in [3.8, 4) is 0 Å². The molecule has 0 saturated carbocycles. The van der Waals surface area contributed by atoms with Crippen molar-refractivity contribution >= 4 is 39.5 Å². The Morgan fingerprint density at radius 2 is 0.481 bits per heavy atom. The smallest absolute Gasteiger partial charge is 0.462 e. The van der Waals surface area contributed by atoms with E-state index in [-0.39, 0.29) is 25.7 Å². The number of aliphatic hydroxyl groups excluding tert-OH is 1. The number of carbonyl (C=O) groups excluding carboxylic acids is 4. The average molecular weight is 1560 g/mol. The molecule has 19 heteroatoms. The summed E-state index contributed by atoms with van der Waals surface area (Å²) >= 11 is 0. The van der Waals surface area contributed by atoms with Gasteiger partial charge in [-0.2, -0.15) is 0 Å². The van der Waals surface area contributed by atoms with Gasteiger partial charge in [-0.3, -0.25) is 37.3 Å². The van der Waals surface area contributed by atoms with Crippen LogP contribution >= 0.6 is 15.6 Å². The standard InChI is InChI=1S/C89H156O17P2/c1-5-9-13-17-21-25-29-33-37-39-41-43-47-49-53-57-61-65-69-73-86(91)99-79-84(105-88(93)75-71-67-63-59-55-51-45-35-31-27-23-19-15-11-7-3)81-103-107(95,96)101-77-83(90)78-102-108(97,98)104-82-85(106-89(94)76-72-68-64-60-56-52-46-36-32-28-24-20-16-12-8-4)80-100-87(92)74-70-66-62-58-54-50-48-44-42-40-38-34-30-26-22-18-14-10-6-2/h9,13,21-22,25-26,33-35,37-38,41-45,49,53,83-85,90H,5-8,10-12,14-20,23-24,27-32,36,39-40,46-48,50-52,54-82H2,1-4H3,(H,95,96)(H,97,98)/b13-9-,25-21-,26-22-,37-33-,38-34-,43-41-,44-42-,45-35-,53-49-. The number of carbonyl (C=O) groups is 4. The maximum absolute atomic E-state index is 13.1. The van der Waals surface area contributed by atoms with Crippen LogP contribution in [0.4, 0.5) is 0 Å². The molecule has 0 rings (SSSR count). The highest BCUT2D eigenvalue weighted by molar-refractivity contribution is 7.47. The molecule has 0 heterocycles. The van der Waals surface area contributed by atoms with E-state index in [2.05, 4.69) is 137 Å². The van der Waals surface area contributed by atoms with Gasteiger partial charge < -0.3 is 33.8 Å². The van der Waals surface area contributed by atoms with Gasteiger partial charge >= 0.3 is 39.5 Å². The van der Waals surface area contributed by atoms with E-state index >= 15 is 0 Å². The molecule has 0 aromatic heterocycles. The second-order valence-corrected chi connectivity index (χ2v) is 31.7. The Morgan fingerprint density at radius 1 is 0.269 bits per heavy atom. The molecule has 0 amide bonds. The second-order valence-electron chi connectivity index (χ2n) is 28.7. The third kappa shape index (κ3) is 79.8. The average Bonchev–Trinajstić information content (AvgIpc) is 0.923. The molecule has 5 unspecified atom stereocenters. The maximum Gasteiger partial charge on any atom is 0.472 e. The number of rotatable bonds is 81. The monoisotopic (exact) mass is 1560 g/mol. The molecule has 0 aliphatic carbocycles. The van der Waals surface area contributed by atoms with Crippen molar-refractivity contribution in [2.75, 3.05) is 39.6 Å². The van der Waals surface area contributed by atoms with Gasteiger partial charge in [0.2, 0.25) is 0 Å². The van der Waals surface area contributed by atoms with E-state index in [9.17, 15) is 43.2 Å². The van der Waals surface area contributed by atoms with E-state index < -0.39 is 97.5 Å². The number of allylic oxidation sites excluding steroid dienone is 18. The van der Waals surface area contributed by atoms with Crippen molar-refractivity contribution in [1.82, 2.24) is 0 Å². The molecule has 0 aromatic rings. The van der Waals surface area contributed by atoms with E-state index in [4.69, 9.17) is 37.0 Å². The van der Waals surface area contributed by atoms with Gasteiger partial charge in [-0.05, 0) is 135 Å². The first-order valence-corrected chi connectivity index (χ1v) is 46.1. The number of hydrogen-bond donors (Lipinski definition) is 3. The van der Waals surface area contributed by atoms with E-state index in [1.165, 1.54) is 122 Å². The highest BCUT2D eigenvalue weighted by Crippen LogP contribution is 2.45. The summed E-state index contributed by atoms with van der Waals surface area (Å²) in [5.41, 5.74) is 0. The molecule has 5 atom stereocenters. The van der Waals surface area contributed by atoms with Crippen LogP contribution < -0.4 is 0 Å². The molecule has 0 aliphatic heterocycles. The molecule has 0 bridgehead atoms. The lowest BCUT2D eigenvalue weighted by atomic mass is 10.0. The fourth-order valence-electron chi connectivity index (χ4n) is 11.7. The second kappa shape index (κ2) is 80.8. The Bertz CT molecular complexity index is 2470. The zero-order chi connectivity index (χ0) is 78.9. The summed E-state index contributed by atoms with van der Waals surface area (Å²) in [7, 11) is -9.98. The van der Waals surface area contributed by atoms with Crippen molar-refractivity contribution in [2.45, 2.75) is 393 Å². The summed E-state index contributed by atoms with van der Waals surface area (Å²) in [6, 6.07) is 0. The lowest BCUT2D eigenvalue weighted by Crippen LogP contribution is -2.30. The lowest BCUT2D eigenvalue weighted by Gasteiger charge is -2.21. The van der Waals surface area contributed by atoms with Crippen molar-refractivity contribution in [3.05, 3.63) is 109 Å². The molecule has 624 valence electrons. The number of unbranched alkanes of at least 4 members (excludes halogenated alkanes) is 37. The normalized spacial score (nSPS) is 14.3. The van der Waals surface area contributed by atoms with Crippen LogP contribution in [-0.4, -0.2) is 96.7 Å². The van der Waals surface area contributed by atoms with Crippen molar-refractivity contribution < 1.29 is 80.2 Å². The Hall–Kier alpha value is -4.28. The summed E-state index contributed by atoms with van der Waals surface area (Å²) < 4.78 is 68.8. The van der Waals surface area contributed by atoms with Crippen LogP contribution in [-0.2, 0) is 65.4 Å². The molecular weight excluding hydrogens is 1400 g/mol. The molecule has 3 N–H and O–H groups in total. The van der Waals surface area contributed by atoms with Crippen LogP contribution in [0.2, 0.25) is 0 Å². The predicted molar refractivity (Wildman–Crippen MR) is 445 cm³/mol. The molecule has 0 aliphatic rings. The summed E-state index contributed by atoms with van der Waals surface area (Å²) in [6.45, 7) is 4.74. The summed E-state index contributed by atoms with van der Waals surface area (Å²) in [4.78, 5) is 73.3. The van der Waals surface area contributed by atoms with Gasteiger partial charge in [0, 0.05) is 25.7 Å². The number of ether oxygens (including phenoxy) is 4. The first-order valence-electron chi connectivity index (χ1n) is 43.1. The number of phosphoric ester groups is 2. The molecule has 0 radical (unpaired) electrons. The SMILES string of the molecule is CC/C=C\C/C=C\C/C=C\C/C=C\C/C=C\CCCCCC(=O)OCC(COP(=O)(O)OCC(O)COP(=O)(O)OCC(COC(=O)CCCCCCCC/C=C\C/C=C\C/C=C\CCCCC)OC(=O)CCCCCCCCCCCCCCCCC)OC(=O)CCCCCCC/C=C\CCCCCCCC. The van der Waals surface area contributed by atoms with Crippen molar-refractivity contribution in [3.63, 3.8) is 0 Å². The largest absolute Gasteiger partial charge is 0.472 e. The molecule has 0 fully saturated rings. The molecule has 0 saturated heterocycles. The van der Waals surface area contributed by atoms with Gasteiger partial charge in [0.25, 0.3) is 0 Å². The predicted octanol–water partition coefficient (Wildman–Crippen LogP) is 25.7. The summed E-state index contributed by atoms with van der Waals surface area (Å²) in [6.07, 6.45) is 89.0. The van der Waals surface area contributed by atoms with Crippen LogP contribution in [0, 0.1) is 0 Å². The van der Waals surface area contributed by atoms with Crippen molar-refractivity contribution in [1.29, 1.82) is 0 Å². The van der Waals surface area contributed by atoms with E-state index in [1.807, 2.05) is 0 Å². The minimum Gasteiger partial charge on any atom is -0.462 e. The fourth-order valence-corrected chi connectivity index (χ4v) is 13.2. The van der Waals surface area contributed by atoms with Gasteiger partial charge in [0.1, 0.15) is 19.3 Å². The third-order valence-corrected chi connectivity index (χ3v) is 20.1. The fraction of sp³-hybridized carbons (Fsp3) is 0.753. The van der Waals surface area contributed by atoms with Gasteiger partial charge in [-0.25, -0.2) is 9.13 Å². The minimum absolute atomic E-state index is 0.0772. The molecule has 108 heavy (non-hydrogen) atoms. The van der Waals surface area contributed by atoms with Gasteiger partial charge in [0.05, 0.1) is 26.4 Å². The molecule has 17 nitrogen and oxygen atoms in total. The molecule has 0 spiro atoms. The molecular formula is C89H156O17P2. The van der Waals surface area contributed by atoms with Crippen LogP contribution in [0.25, 0.3) is 0 Å². The van der Waals surface area contributed by atoms with Crippen LogP contribution in [0.15, 0.2) is 109 Å². The third-order valence-electron chi connectivity index (χ3n) is 18.2. The van der Waals surface area contributed by atoms with Crippen LogP contribution in [0.1, 0.15) is 374 Å². The number of hydrogen-bond acceptors (Lipinski definition) is 15. The summed E-state index contributed by atoms with van der Waals surface area (Å²) in [5.74, 6) is -2.21. The Balaban J connectivity index is 5.39. The maximum atomic E-state index is 13.1. The van der Waals surface area contributed by atoms with E-state index in [0.29, 0.717) is 25.7 Å². The molecule has 0 aromatic carbocycles. The van der Waals surface area contributed by atoms with Crippen LogP contribution in [0.3, 0.4) is 0 Å². The zero-order valence-corrected chi connectivity index (χ0v) is 70.3. The highest BCUT2D eigenvalue weighted by Gasteiger charge is 2.30. The van der Waals surface area contributed by atoms with E-state index in [0.717, 1.165) is 173 Å². The first kappa shape index (κ1) is 104. The van der Waals surface area contributed by atoms with Gasteiger partial charge in [-0.15, -0.1) is 0 Å². The van der Waals surface area contributed by atoms with Gasteiger partial charge in [0.15, 0.2) is 12.2 Å². The lowest BCUT2D eigenvalue weighted by molar-refractivity contribution is -0.161. The Labute approximate surface area is 658 Å². The Kier molecular flexibility index (Phi) is 77.6. The summed E-state index contributed by atoms with van der Waals surface area (Å²) in [5, 5.41) is 10.7. The minimum atomic E-state index is -4.99.